The van der Waals surface area contributed by atoms with Crippen LogP contribution in [0, 0.1) is 11.6 Å². The lowest BCUT2D eigenvalue weighted by Gasteiger charge is -2.21. The molecule has 3 rings (SSSR count). The molecule has 0 aromatic heterocycles. The highest BCUT2D eigenvalue weighted by Gasteiger charge is 2.23. The van der Waals surface area contributed by atoms with Gasteiger partial charge in [-0.2, -0.15) is 0 Å². The number of hydrogen-bond donors (Lipinski definition) is 1. The normalized spacial score (nSPS) is 14.6. The van der Waals surface area contributed by atoms with Gasteiger partial charge in [0.1, 0.15) is 17.4 Å². The standard InChI is InChI=1S/C17H17F2NO/c1-2-20-16(12-8-13(18)10-14(19)9-12)15-5-3-4-11-6-7-21-17(11)15/h3-5,8-10,16,20H,2,6-7H2,1H3. The van der Waals surface area contributed by atoms with Gasteiger partial charge in [-0.25, -0.2) is 8.78 Å². The maximum Gasteiger partial charge on any atom is 0.127 e. The summed E-state index contributed by atoms with van der Waals surface area (Å²) in [5.74, 6) is -0.295. The zero-order valence-corrected chi connectivity index (χ0v) is 11.8. The van der Waals surface area contributed by atoms with Gasteiger partial charge in [0.15, 0.2) is 0 Å². The van der Waals surface area contributed by atoms with E-state index < -0.39 is 11.6 Å². The van der Waals surface area contributed by atoms with Crippen LogP contribution in [-0.2, 0) is 6.42 Å². The van der Waals surface area contributed by atoms with Crippen molar-refractivity contribution in [3.05, 3.63) is 64.7 Å². The predicted octanol–water partition coefficient (Wildman–Crippen LogP) is 3.60. The van der Waals surface area contributed by atoms with Crippen molar-refractivity contribution in [2.75, 3.05) is 13.2 Å². The van der Waals surface area contributed by atoms with Gasteiger partial charge in [-0.15, -0.1) is 0 Å². The van der Waals surface area contributed by atoms with Crippen LogP contribution in [-0.4, -0.2) is 13.2 Å². The fourth-order valence-corrected chi connectivity index (χ4v) is 2.82. The molecule has 2 aromatic rings. The Morgan fingerprint density at radius 3 is 2.67 bits per heavy atom. The minimum atomic E-state index is -0.568. The van der Waals surface area contributed by atoms with E-state index in [2.05, 4.69) is 5.32 Å². The van der Waals surface area contributed by atoms with Crippen LogP contribution in [0.4, 0.5) is 8.78 Å². The Hall–Kier alpha value is -1.94. The lowest BCUT2D eigenvalue weighted by Crippen LogP contribution is -2.22. The number of halogens is 2. The van der Waals surface area contributed by atoms with Crippen LogP contribution in [0.5, 0.6) is 5.75 Å². The Morgan fingerprint density at radius 2 is 1.95 bits per heavy atom. The van der Waals surface area contributed by atoms with Crippen molar-refractivity contribution in [2.45, 2.75) is 19.4 Å². The number of benzene rings is 2. The van der Waals surface area contributed by atoms with Gasteiger partial charge in [-0.05, 0) is 29.8 Å². The van der Waals surface area contributed by atoms with Gasteiger partial charge < -0.3 is 10.1 Å². The van der Waals surface area contributed by atoms with E-state index in [-0.39, 0.29) is 6.04 Å². The number of para-hydroxylation sites is 1. The molecule has 1 aliphatic heterocycles. The highest BCUT2D eigenvalue weighted by Crippen LogP contribution is 2.36. The minimum absolute atomic E-state index is 0.284. The molecule has 0 amide bonds. The second-order valence-electron chi connectivity index (χ2n) is 5.13. The molecule has 2 aromatic carbocycles. The van der Waals surface area contributed by atoms with Crippen LogP contribution in [0.1, 0.15) is 29.7 Å². The molecule has 0 saturated heterocycles. The Kier molecular flexibility index (Phi) is 3.88. The number of hydrogen-bond acceptors (Lipinski definition) is 2. The van der Waals surface area contributed by atoms with Crippen molar-refractivity contribution in [3.63, 3.8) is 0 Å². The zero-order valence-electron chi connectivity index (χ0n) is 11.8. The lowest BCUT2D eigenvalue weighted by molar-refractivity contribution is 0.350. The van der Waals surface area contributed by atoms with Gasteiger partial charge >= 0.3 is 0 Å². The Balaban J connectivity index is 2.08. The maximum atomic E-state index is 13.5. The molecular formula is C17H17F2NO. The molecule has 4 heteroatoms. The first kappa shape index (κ1) is 14.0. The summed E-state index contributed by atoms with van der Waals surface area (Å²) in [5, 5.41) is 3.29. The number of ether oxygens (including phenoxy) is 1. The van der Waals surface area contributed by atoms with Gasteiger partial charge in [-0.3, -0.25) is 0 Å². The summed E-state index contributed by atoms with van der Waals surface area (Å²) in [6, 6.07) is 9.27. The van der Waals surface area contributed by atoms with E-state index in [1.807, 2.05) is 25.1 Å². The largest absolute Gasteiger partial charge is 0.493 e. The lowest BCUT2D eigenvalue weighted by atomic mass is 9.95. The molecule has 0 fully saturated rings. The van der Waals surface area contributed by atoms with Crippen molar-refractivity contribution in [3.8, 4) is 5.75 Å². The van der Waals surface area contributed by atoms with Gasteiger partial charge in [0, 0.05) is 18.1 Å². The fraction of sp³-hybridized carbons (Fsp3) is 0.294. The average molecular weight is 289 g/mol. The van der Waals surface area contributed by atoms with Crippen molar-refractivity contribution < 1.29 is 13.5 Å². The van der Waals surface area contributed by atoms with E-state index in [4.69, 9.17) is 4.74 Å². The SMILES string of the molecule is CCNC(c1cc(F)cc(F)c1)c1cccc2c1OCC2. The fourth-order valence-electron chi connectivity index (χ4n) is 2.82. The van der Waals surface area contributed by atoms with Crippen LogP contribution in [0.15, 0.2) is 36.4 Å². The highest BCUT2D eigenvalue weighted by molar-refractivity contribution is 5.48. The Morgan fingerprint density at radius 1 is 1.19 bits per heavy atom. The molecule has 0 bridgehead atoms. The summed E-state index contributed by atoms with van der Waals surface area (Å²) in [7, 11) is 0. The quantitative estimate of drug-likeness (QED) is 0.928. The molecule has 110 valence electrons. The smallest absolute Gasteiger partial charge is 0.127 e. The summed E-state index contributed by atoms with van der Waals surface area (Å²) in [5.41, 5.74) is 2.64. The molecule has 1 atom stereocenters. The molecule has 0 saturated carbocycles. The van der Waals surface area contributed by atoms with Crippen LogP contribution in [0.25, 0.3) is 0 Å². The summed E-state index contributed by atoms with van der Waals surface area (Å²) in [4.78, 5) is 0. The minimum Gasteiger partial charge on any atom is -0.493 e. The van der Waals surface area contributed by atoms with Gasteiger partial charge in [0.2, 0.25) is 0 Å². The third-order valence-electron chi connectivity index (χ3n) is 3.68. The summed E-state index contributed by atoms with van der Waals surface area (Å²) in [6.07, 6.45) is 0.875. The van der Waals surface area contributed by atoms with Crippen molar-refractivity contribution in [1.29, 1.82) is 0 Å². The van der Waals surface area contributed by atoms with E-state index in [0.717, 1.165) is 29.4 Å². The molecule has 0 spiro atoms. The van der Waals surface area contributed by atoms with Crippen LogP contribution in [0.2, 0.25) is 0 Å². The molecule has 2 nitrogen and oxygen atoms in total. The van der Waals surface area contributed by atoms with Crippen molar-refractivity contribution in [1.82, 2.24) is 5.32 Å². The Bertz CT molecular complexity index is 637. The first-order chi connectivity index (χ1) is 10.2. The third kappa shape index (κ3) is 2.76. The van der Waals surface area contributed by atoms with Gasteiger partial charge in [0.25, 0.3) is 0 Å². The van der Waals surface area contributed by atoms with Crippen LogP contribution in [0.3, 0.4) is 0 Å². The van der Waals surface area contributed by atoms with E-state index in [0.29, 0.717) is 18.7 Å². The molecular weight excluding hydrogens is 272 g/mol. The molecule has 21 heavy (non-hydrogen) atoms. The second kappa shape index (κ2) is 5.82. The molecule has 1 aliphatic rings. The number of fused-ring (bicyclic) bond motifs is 1. The van der Waals surface area contributed by atoms with Crippen LogP contribution >= 0.6 is 0 Å². The summed E-state index contributed by atoms with van der Waals surface area (Å²) < 4.78 is 32.8. The maximum absolute atomic E-state index is 13.5. The molecule has 0 radical (unpaired) electrons. The van der Waals surface area contributed by atoms with Gasteiger partial charge in [0.05, 0.1) is 12.6 Å². The van der Waals surface area contributed by atoms with E-state index >= 15 is 0 Å². The number of rotatable bonds is 4. The second-order valence-corrected chi connectivity index (χ2v) is 5.13. The van der Waals surface area contributed by atoms with E-state index in [1.165, 1.54) is 12.1 Å². The van der Waals surface area contributed by atoms with Crippen molar-refractivity contribution in [2.24, 2.45) is 0 Å². The van der Waals surface area contributed by atoms with E-state index in [9.17, 15) is 8.78 Å². The molecule has 0 aliphatic carbocycles. The van der Waals surface area contributed by atoms with Gasteiger partial charge in [-0.1, -0.05) is 25.1 Å². The summed E-state index contributed by atoms with van der Waals surface area (Å²) >= 11 is 0. The predicted molar refractivity (Wildman–Crippen MR) is 77.5 cm³/mol. The number of nitrogens with one attached hydrogen (secondary N) is 1. The average Bonchev–Trinajstić information content (AvgIpc) is 2.92. The highest BCUT2D eigenvalue weighted by atomic mass is 19.1. The molecule has 1 unspecified atom stereocenters. The third-order valence-corrected chi connectivity index (χ3v) is 3.68. The first-order valence-electron chi connectivity index (χ1n) is 7.13. The molecule has 1 N–H and O–H groups in total. The van der Waals surface area contributed by atoms with Crippen LogP contribution < -0.4 is 10.1 Å². The first-order valence-corrected chi connectivity index (χ1v) is 7.13. The van der Waals surface area contributed by atoms with Crippen molar-refractivity contribution >= 4 is 0 Å². The topological polar surface area (TPSA) is 21.3 Å². The van der Waals surface area contributed by atoms with E-state index in [1.54, 1.807) is 0 Å². The summed E-state index contributed by atoms with van der Waals surface area (Å²) in [6.45, 7) is 3.31. The zero-order chi connectivity index (χ0) is 14.8. The molecule has 1 heterocycles. The Labute approximate surface area is 122 Å². The monoisotopic (exact) mass is 289 g/mol.